The first-order valence-corrected chi connectivity index (χ1v) is 14.7. The van der Waals surface area contributed by atoms with Gasteiger partial charge in [-0.1, -0.05) is 81.6 Å². The second-order valence-corrected chi connectivity index (χ2v) is 11.0. The van der Waals surface area contributed by atoms with E-state index in [-0.39, 0.29) is 5.92 Å². The van der Waals surface area contributed by atoms with Crippen LogP contribution in [0.2, 0.25) is 5.02 Å². The number of ether oxygens (including phenoxy) is 1. The van der Waals surface area contributed by atoms with Crippen molar-refractivity contribution in [2.24, 2.45) is 5.92 Å². The smallest absolute Gasteiger partial charge is 0.0999 e. The van der Waals surface area contributed by atoms with Gasteiger partial charge in [-0.15, -0.1) is 0 Å². The van der Waals surface area contributed by atoms with Gasteiger partial charge in [0.05, 0.1) is 28.9 Å². The van der Waals surface area contributed by atoms with E-state index in [1.165, 1.54) is 18.4 Å². The van der Waals surface area contributed by atoms with Crippen molar-refractivity contribution in [1.82, 2.24) is 4.90 Å². The Morgan fingerprint density at radius 1 is 0.971 bits per heavy atom. The third-order valence-electron chi connectivity index (χ3n) is 6.77. The largest absolute Gasteiger partial charge is 0.498 e. The Balaban J connectivity index is 1.65. The summed E-state index contributed by atoms with van der Waals surface area (Å²) in [6.07, 6.45) is 11.1. The van der Waals surface area contributed by atoms with Crippen LogP contribution < -0.4 is 0 Å². The van der Waals surface area contributed by atoms with Crippen molar-refractivity contribution in [3.8, 4) is 0 Å². The predicted molar refractivity (Wildman–Crippen MR) is 149 cm³/mol. The minimum absolute atomic E-state index is 0.281. The van der Waals surface area contributed by atoms with Crippen LogP contribution in [0, 0.1) is 5.92 Å². The van der Waals surface area contributed by atoms with E-state index < -0.39 is 10.8 Å². The van der Waals surface area contributed by atoms with Crippen molar-refractivity contribution in [3.63, 3.8) is 0 Å². The molecule has 3 unspecified atom stereocenters. The van der Waals surface area contributed by atoms with Crippen LogP contribution in [0.5, 0.6) is 0 Å². The van der Waals surface area contributed by atoms with Gasteiger partial charge in [-0.05, 0) is 67.4 Å². The fraction of sp³-hybridized carbons (Fsp3) is 0.467. The van der Waals surface area contributed by atoms with Crippen molar-refractivity contribution in [3.05, 3.63) is 88.7 Å². The number of nitrogens with zero attached hydrogens (tertiary/aromatic N) is 1. The lowest BCUT2D eigenvalue weighted by Crippen LogP contribution is -2.25. The lowest BCUT2D eigenvalue weighted by atomic mass is 9.79. The maximum Gasteiger partial charge on any atom is 0.0999 e. The molecule has 3 rings (SSSR count). The van der Waals surface area contributed by atoms with Crippen LogP contribution >= 0.6 is 11.6 Å². The van der Waals surface area contributed by atoms with Crippen LogP contribution in [0.4, 0.5) is 0 Å². The van der Waals surface area contributed by atoms with Gasteiger partial charge < -0.3 is 9.64 Å². The van der Waals surface area contributed by atoms with E-state index in [0.717, 1.165) is 55.3 Å². The molecule has 0 saturated carbocycles. The monoisotopic (exact) mass is 513 g/mol. The average molecular weight is 514 g/mol. The summed E-state index contributed by atoms with van der Waals surface area (Å²) in [4.78, 5) is 3.30. The number of halogens is 1. The summed E-state index contributed by atoms with van der Waals surface area (Å²) in [5.74, 6) is 2.23. The van der Waals surface area contributed by atoms with Crippen molar-refractivity contribution >= 4 is 22.4 Å². The van der Waals surface area contributed by atoms with E-state index in [9.17, 15) is 4.21 Å². The molecule has 35 heavy (non-hydrogen) atoms. The standard InChI is InChI=1S/C30H40ClNO2S/c1-4-7-10-29-28(11-8-12-30(29)34-22-9-21-32(5-2)6-3)25-15-19-27(20-16-25)35(33)23-24-13-17-26(31)18-14-24/h8,11-20,28-29H,4-7,9-10,21-23H2,1-3H3. The fourth-order valence-electron chi connectivity index (χ4n) is 4.62. The molecular weight excluding hydrogens is 474 g/mol. The molecule has 5 heteroatoms. The number of hydrogen-bond acceptors (Lipinski definition) is 3. The average Bonchev–Trinajstić information content (AvgIpc) is 2.89. The highest BCUT2D eigenvalue weighted by Gasteiger charge is 2.27. The van der Waals surface area contributed by atoms with Crippen LogP contribution in [-0.4, -0.2) is 35.3 Å². The van der Waals surface area contributed by atoms with Gasteiger partial charge in [0.2, 0.25) is 0 Å². The first-order valence-electron chi connectivity index (χ1n) is 13.0. The molecule has 0 heterocycles. The fourth-order valence-corrected chi connectivity index (χ4v) is 5.85. The number of allylic oxidation sites excluding steroid dienone is 4. The molecule has 1 aliphatic carbocycles. The van der Waals surface area contributed by atoms with Gasteiger partial charge in [0.25, 0.3) is 0 Å². The van der Waals surface area contributed by atoms with Gasteiger partial charge in [0, 0.05) is 28.3 Å². The molecule has 3 nitrogen and oxygen atoms in total. The highest BCUT2D eigenvalue weighted by atomic mass is 35.5. The zero-order chi connectivity index (χ0) is 25.0. The molecule has 0 amide bonds. The Hall–Kier alpha value is -1.88. The summed E-state index contributed by atoms with van der Waals surface area (Å²) < 4.78 is 19.3. The summed E-state index contributed by atoms with van der Waals surface area (Å²) in [6, 6.07) is 15.9. The van der Waals surface area contributed by atoms with E-state index in [1.54, 1.807) is 0 Å². The Labute approximate surface area is 219 Å². The Kier molecular flexibility index (Phi) is 11.6. The molecule has 0 saturated heterocycles. The Bertz CT molecular complexity index is 980. The first kappa shape index (κ1) is 27.7. The molecule has 190 valence electrons. The maximum atomic E-state index is 12.9. The molecule has 2 aromatic rings. The molecule has 1 aliphatic rings. The molecule has 3 atom stereocenters. The van der Waals surface area contributed by atoms with Gasteiger partial charge in [0.1, 0.15) is 0 Å². The predicted octanol–water partition coefficient (Wildman–Crippen LogP) is 7.74. The van der Waals surface area contributed by atoms with Crippen molar-refractivity contribution in [2.45, 2.75) is 63.0 Å². The Morgan fingerprint density at radius 3 is 2.34 bits per heavy atom. The normalized spacial score (nSPS) is 18.5. The molecular formula is C30H40ClNO2S. The molecule has 0 aromatic heterocycles. The molecule has 2 aromatic carbocycles. The molecule has 0 spiro atoms. The van der Waals surface area contributed by atoms with Crippen LogP contribution in [-0.2, 0) is 21.3 Å². The summed E-state index contributed by atoms with van der Waals surface area (Å²) in [7, 11) is -1.09. The maximum absolute atomic E-state index is 12.9. The number of benzene rings is 2. The lowest BCUT2D eigenvalue weighted by Gasteiger charge is -2.30. The van der Waals surface area contributed by atoms with Gasteiger partial charge in [-0.3, -0.25) is 4.21 Å². The minimum atomic E-state index is -1.09. The summed E-state index contributed by atoms with van der Waals surface area (Å²) in [5, 5.41) is 0.698. The summed E-state index contributed by atoms with van der Waals surface area (Å²) in [6.45, 7) is 10.7. The van der Waals surface area contributed by atoms with E-state index in [1.807, 2.05) is 36.4 Å². The quantitative estimate of drug-likeness (QED) is 0.242. The van der Waals surface area contributed by atoms with Crippen LogP contribution in [0.15, 0.2) is 77.4 Å². The van der Waals surface area contributed by atoms with E-state index in [2.05, 4.69) is 56.0 Å². The van der Waals surface area contributed by atoms with E-state index >= 15 is 0 Å². The summed E-state index contributed by atoms with van der Waals surface area (Å²) >= 11 is 5.97. The second kappa shape index (κ2) is 14.6. The third kappa shape index (κ3) is 8.34. The molecule has 0 bridgehead atoms. The van der Waals surface area contributed by atoms with Gasteiger partial charge >= 0.3 is 0 Å². The van der Waals surface area contributed by atoms with Crippen molar-refractivity contribution in [2.75, 3.05) is 26.2 Å². The highest BCUT2D eigenvalue weighted by Crippen LogP contribution is 2.38. The van der Waals surface area contributed by atoms with Crippen LogP contribution in [0.3, 0.4) is 0 Å². The SMILES string of the molecule is CCCCC1C(OCCCN(CC)CC)=CC=CC1c1ccc(S(=O)Cc2ccc(Cl)cc2)cc1. The van der Waals surface area contributed by atoms with Gasteiger partial charge in [0.15, 0.2) is 0 Å². The number of unbranched alkanes of at least 4 members (excludes halogenated alkanes) is 1. The van der Waals surface area contributed by atoms with Crippen LogP contribution in [0.1, 0.15) is 63.5 Å². The van der Waals surface area contributed by atoms with Gasteiger partial charge in [-0.2, -0.15) is 0 Å². The topological polar surface area (TPSA) is 29.5 Å². The zero-order valence-electron chi connectivity index (χ0n) is 21.4. The lowest BCUT2D eigenvalue weighted by molar-refractivity contribution is 0.150. The molecule has 0 radical (unpaired) electrons. The van der Waals surface area contributed by atoms with Crippen LogP contribution in [0.25, 0.3) is 0 Å². The second-order valence-electron chi connectivity index (χ2n) is 9.14. The zero-order valence-corrected chi connectivity index (χ0v) is 23.0. The van der Waals surface area contributed by atoms with Crippen molar-refractivity contribution < 1.29 is 8.95 Å². The first-order chi connectivity index (χ1) is 17.0. The minimum Gasteiger partial charge on any atom is -0.498 e. The third-order valence-corrected chi connectivity index (χ3v) is 8.41. The highest BCUT2D eigenvalue weighted by molar-refractivity contribution is 7.84. The summed E-state index contributed by atoms with van der Waals surface area (Å²) in [5.41, 5.74) is 2.28. The Morgan fingerprint density at radius 2 is 1.69 bits per heavy atom. The molecule has 0 aliphatic heterocycles. The van der Waals surface area contributed by atoms with E-state index in [4.69, 9.17) is 16.3 Å². The molecule has 0 fully saturated rings. The molecule has 0 N–H and O–H groups in total. The van der Waals surface area contributed by atoms with Gasteiger partial charge in [-0.25, -0.2) is 0 Å². The number of hydrogen-bond donors (Lipinski definition) is 0. The number of rotatable bonds is 14. The van der Waals surface area contributed by atoms with E-state index in [0.29, 0.717) is 16.7 Å². The van der Waals surface area contributed by atoms with Crippen molar-refractivity contribution in [1.29, 1.82) is 0 Å².